The summed E-state index contributed by atoms with van der Waals surface area (Å²) in [6, 6.07) is 5.08. The highest BCUT2D eigenvalue weighted by atomic mass is 16.2. The van der Waals surface area contributed by atoms with Crippen molar-refractivity contribution in [2.24, 2.45) is 5.92 Å². The van der Waals surface area contributed by atoms with Gasteiger partial charge in [-0.25, -0.2) is 4.98 Å². The molecule has 0 aromatic carbocycles. The van der Waals surface area contributed by atoms with E-state index < -0.39 is 0 Å². The van der Waals surface area contributed by atoms with Crippen LogP contribution in [0.1, 0.15) is 66.9 Å². The molecule has 0 unspecified atom stereocenters. The molecule has 1 aromatic rings. The Morgan fingerprint density at radius 3 is 2.43 bits per heavy atom. The van der Waals surface area contributed by atoms with Gasteiger partial charge in [-0.05, 0) is 37.3 Å². The van der Waals surface area contributed by atoms with E-state index in [0.717, 1.165) is 32.4 Å². The maximum absolute atomic E-state index is 12.6. The number of hydrogen-bond acceptors (Lipinski definition) is 3. The van der Waals surface area contributed by atoms with Crippen LogP contribution in [-0.2, 0) is 0 Å². The first-order valence-corrected chi connectivity index (χ1v) is 8.62. The van der Waals surface area contributed by atoms with Gasteiger partial charge in [0.1, 0.15) is 11.4 Å². The van der Waals surface area contributed by atoms with Gasteiger partial charge < -0.3 is 10.2 Å². The van der Waals surface area contributed by atoms with E-state index in [1.165, 1.54) is 12.8 Å². The summed E-state index contributed by atoms with van der Waals surface area (Å²) >= 11 is 0. The monoisotopic (exact) mass is 317 g/mol. The molecule has 2 amide bonds. The molecular weight excluding hydrogens is 290 g/mol. The van der Waals surface area contributed by atoms with Crippen LogP contribution in [0.3, 0.4) is 0 Å². The first-order valence-electron chi connectivity index (χ1n) is 8.62. The van der Waals surface area contributed by atoms with Crippen LogP contribution in [0.5, 0.6) is 0 Å². The highest BCUT2D eigenvalue weighted by Crippen LogP contribution is 2.13. The second kappa shape index (κ2) is 8.65. The zero-order valence-electron chi connectivity index (χ0n) is 14.2. The van der Waals surface area contributed by atoms with Crippen molar-refractivity contribution in [3.05, 3.63) is 29.6 Å². The number of amides is 2. The van der Waals surface area contributed by atoms with Crippen molar-refractivity contribution >= 4 is 11.8 Å². The third-order valence-corrected chi connectivity index (χ3v) is 4.10. The fraction of sp³-hybridized carbons (Fsp3) is 0.611. The number of nitrogens with one attached hydrogen (secondary N) is 1. The van der Waals surface area contributed by atoms with E-state index in [0.29, 0.717) is 23.9 Å². The Morgan fingerprint density at radius 2 is 1.78 bits per heavy atom. The van der Waals surface area contributed by atoms with Crippen molar-refractivity contribution in [2.45, 2.75) is 46.0 Å². The van der Waals surface area contributed by atoms with Crippen molar-refractivity contribution in [3.63, 3.8) is 0 Å². The van der Waals surface area contributed by atoms with Gasteiger partial charge in [0, 0.05) is 19.6 Å². The molecular formula is C18H27N3O2. The van der Waals surface area contributed by atoms with E-state index in [1.54, 1.807) is 18.2 Å². The predicted octanol–water partition coefficient (Wildman–Crippen LogP) is 2.87. The summed E-state index contributed by atoms with van der Waals surface area (Å²) in [6.45, 7) is 6.43. The van der Waals surface area contributed by atoms with Gasteiger partial charge in [0.2, 0.25) is 0 Å². The van der Waals surface area contributed by atoms with Gasteiger partial charge in [-0.2, -0.15) is 0 Å². The molecule has 2 rings (SSSR count). The maximum atomic E-state index is 12.6. The van der Waals surface area contributed by atoms with Gasteiger partial charge in [-0.3, -0.25) is 9.59 Å². The number of carbonyl (C=O) groups is 2. The molecule has 0 aliphatic carbocycles. The zero-order valence-corrected chi connectivity index (χ0v) is 14.2. The number of likely N-dealkylation sites (tertiary alicyclic amines) is 1. The SMILES string of the molecule is CC(C)CCNC(=O)c1cccc(C(=O)N2CCCCCC2)n1. The summed E-state index contributed by atoms with van der Waals surface area (Å²) in [5, 5.41) is 2.86. The van der Waals surface area contributed by atoms with Crippen LogP contribution in [0.15, 0.2) is 18.2 Å². The molecule has 0 saturated carbocycles. The molecule has 126 valence electrons. The highest BCUT2D eigenvalue weighted by Gasteiger charge is 2.19. The first-order chi connectivity index (χ1) is 11.1. The normalized spacial score (nSPS) is 15.3. The highest BCUT2D eigenvalue weighted by molar-refractivity contribution is 5.96. The van der Waals surface area contributed by atoms with Gasteiger partial charge in [-0.1, -0.05) is 32.8 Å². The van der Waals surface area contributed by atoms with Gasteiger partial charge in [0.05, 0.1) is 0 Å². The molecule has 1 saturated heterocycles. The molecule has 2 heterocycles. The summed E-state index contributed by atoms with van der Waals surface area (Å²) < 4.78 is 0. The van der Waals surface area contributed by atoms with Crippen LogP contribution >= 0.6 is 0 Å². The second-order valence-electron chi connectivity index (χ2n) is 6.55. The largest absolute Gasteiger partial charge is 0.351 e. The summed E-state index contributed by atoms with van der Waals surface area (Å²) in [5.41, 5.74) is 0.679. The molecule has 1 N–H and O–H groups in total. The average Bonchev–Trinajstić information content (AvgIpc) is 2.83. The van der Waals surface area contributed by atoms with E-state index in [4.69, 9.17) is 0 Å². The molecule has 1 aromatic heterocycles. The zero-order chi connectivity index (χ0) is 16.7. The van der Waals surface area contributed by atoms with Crippen molar-refractivity contribution in [3.8, 4) is 0 Å². The lowest BCUT2D eigenvalue weighted by Crippen LogP contribution is -2.33. The van der Waals surface area contributed by atoms with Crippen LogP contribution in [-0.4, -0.2) is 41.3 Å². The predicted molar refractivity (Wildman–Crippen MR) is 90.4 cm³/mol. The fourth-order valence-corrected chi connectivity index (χ4v) is 2.68. The van der Waals surface area contributed by atoms with Crippen LogP contribution in [0.25, 0.3) is 0 Å². The minimum absolute atomic E-state index is 0.0660. The molecule has 0 atom stereocenters. The van der Waals surface area contributed by atoms with E-state index >= 15 is 0 Å². The van der Waals surface area contributed by atoms with Crippen LogP contribution < -0.4 is 5.32 Å². The first kappa shape index (κ1) is 17.4. The Kier molecular flexibility index (Phi) is 6.56. The van der Waals surface area contributed by atoms with E-state index in [2.05, 4.69) is 24.1 Å². The average molecular weight is 317 g/mol. The number of hydrogen-bond donors (Lipinski definition) is 1. The molecule has 5 heteroatoms. The molecule has 0 bridgehead atoms. The minimum atomic E-state index is -0.212. The summed E-state index contributed by atoms with van der Waals surface area (Å²) in [6.07, 6.45) is 5.37. The van der Waals surface area contributed by atoms with Crippen LogP contribution in [0.2, 0.25) is 0 Å². The Bertz CT molecular complexity index is 535. The number of rotatable bonds is 5. The van der Waals surface area contributed by atoms with Gasteiger partial charge in [-0.15, -0.1) is 0 Å². The maximum Gasteiger partial charge on any atom is 0.272 e. The molecule has 0 radical (unpaired) electrons. The number of pyridine rings is 1. The Hall–Kier alpha value is -1.91. The second-order valence-corrected chi connectivity index (χ2v) is 6.55. The Balaban J connectivity index is 2.00. The standard InChI is InChI=1S/C18H27N3O2/c1-14(2)10-11-19-17(22)15-8-7-9-16(20-15)18(23)21-12-5-3-4-6-13-21/h7-9,14H,3-6,10-13H2,1-2H3,(H,19,22). The number of carbonyl (C=O) groups excluding carboxylic acids is 2. The van der Waals surface area contributed by atoms with Crippen molar-refractivity contribution < 1.29 is 9.59 Å². The van der Waals surface area contributed by atoms with Crippen molar-refractivity contribution in [2.75, 3.05) is 19.6 Å². The lowest BCUT2D eigenvalue weighted by molar-refractivity contribution is 0.0755. The molecule has 0 spiro atoms. The molecule has 1 aliphatic rings. The van der Waals surface area contributed by atoms with E-state index in [-0.39, 0.29) is 11.8 Å². The molecule has 1 aliphatic heterocycles. The third-order valence-electron chi connectivity index (χ3n) is 4.10. The number of aromatic nitrogens is 1. The van der Waals surface area contributed by atoms with Crippen molar-refractivity contribution in [1.29, 1.82) is 0 Å². The van der Waals surface area contributed by atoms with Gasteiger partial charge >= 0.3 is 0 Å². The van der Waals surface area contributed by atoms with E-state index in [9.17, 15) is 9.59 Å². The lowest BCUT2D eigenvalue weighted by atomic mass is 10.1. The molecule has 23 heavy (non-hydrogen) atoms. The third kappa shape index (κ3) is 5.34. The lowest BCUT2D eigenvalue weighted by Gasteiger charge is -2.19. The summed E-state index contributed by atoms with van der Waals surface area (Å²) in [7, 11) is 0. The smallest absolute Gasteiger partial charge is 0.272 e. The summed E-state index contributed by atoms with van der Waals surface area (Å²) in [5.74, 6) is 0.263. The Morgan fingerprint density at radius 1 is 1.13 bits per heavy atom. The fourth-order valence-electron chi connectivity index (χ4n) is 2.68. The molecule has 1 fully saturated rings. The van der Waals surface area contributed by atoms with Gasteiger partial charge in [0.15, 0.2) is 0 Å². The quantitative estimate of drug-likeness (QED) is 0.908. The van der Waals surface area contributed by atoms with Gasteiger partial charge in [0.25, 0.3) is 11.8 Å². The number of nitrogens with zero attached hydrogens (tertiary/aromatic N) is 2. The Labute approximate surface area is 138 Å². The topological polar surface area (TPSA) is 62.3 Å². The minimum Gasteiger partial charge on any atom is -0.351 e. The summed E-state index contributed by atoms with van der Waals surface area (Å²) in [4.78, 5) is 30.8. The molecule has 5 nitrogen and oxygen atoms in total. The van der Waals surface area contributed by atoms with Crippen LogP contribution in [0.4, 0.5) is 0 Å². The van der Waals surface area contributed by atoms with E-state index in [1.807, 2.05) is 4.90 Å². The van der Waals surface area contributed by atoms with Crippen molar-refractivity contribution in [1.82, 2.24) is 15.2 Å². The van der Waals surface area contributed by atoms with Crippen LogP contribution in [0, 0.1) is 5.92 Å².